The van der Waals surface area contributed by atoms with E-state index >= 15 is 0 Å². The van der Waals surface area contributed by atoms with Gasteiger partial charge in [-0.05, 0) is 31.0 Å². The zero-order valence-electron chi connectivity index (χ0n) is 9.49. The summed E-state index contributed by atoms with van der Waals surface area (Å²) in [5, 5.41) is 13.9. The molecule has 1 aromatic carbocycles. The van der Waals surface area contributed by atoms with Crippen molar-refractivity contribution in [2.45, 2.75) is 25.4 Å². The fourth-order valence-electron chi connectivity index (χ4n) is 1.61. The molecule has 0 bridgehead atoms. The Bertz CT molecular complexity index is 566. The van der Waals surface area contributed by atoms with Crippen LogP contribution < -0.4 is 5.32 Å². The number of benzene rings is 1. The molecule has 94 valence electrons. The third-order valence-corrected chi connectivity index (χ3v) is 4.89. The predicted molar refractivity (Wildman–Crippen MR) is 80.6 cm³/mol. The van der Waals surface area contributed by atoms with Gasteiger partial charge in [0.05, 0.1) is 0 Å². The predicted octanol–water partition coefficient (Wildman–Crippen LogP) is 3.98. The van der Waals surface area contributed by atoms with Crippen LogP contribution in [0.1, 0.15) is 17.8 Å². The van der Waals surface area contributed by atoms with Crippen LogP contribution in [0, 0.1) is 0 Å². The molecule has 1 saturated carbocycles. The first-order valence-electron chi connectivity index (χ1n) is 5.73. The van der Waals surface area contributed by atoms with Crippen LogP contribution in [-0.4, -0.2) is 16.2 Å². The Morgan fingerprint density at radius 2 is 2.11 bits per heavy atom. The van der Waals surface area contributed by atoms with Crippen LogP contribution in [0.15, 0.2) is 27.1 Å². The highest BCUT2D eigenvalue weighted by atomic mass is 79.9. The lowest BCUT2D eigenvalue weighted by molar-refractivity contribution is 0.679. The second-order valence-corrected chi connectivity index (χ2v) is 7.11. The van der Waals surface area contributed by atoms with Gasteiger partial charge in [-0.1, -0.05) is 43.2 Å². The first kappa shape index (κ1) is 12.7. The van der Waals surface area contributed by atoms with Gasteiger partial charge in [-0.2, -0.15) is 0 Å². The van der Waals surface area contributed by atoms with Crippen LogP contribution in [-0.2, 0) is 6.54 Å². The van der Waals surface area contributed by atoms with E-state index in [1.807, 2.05) is 12.1 Å². The van der Waals surface area contributed by atoms with Gasteiger partial charge in [0.25, 0.3) is 0 Å². The Labute approximate surface area is 126 Å². The highest BCUT2D eigenvalue weighted by Crippen LogP contribution is 2.33. The Morgan fingerprint density at radius 1 is 1.28 bits per heavy atom. The van der Waals surface area contributed by atoms with Crippen LogP contribution >= 0.6 is 43.2 Å². The van der Waals surface area contributed by atoms with Crippen LogP contribution in [0.2, 0.25) is 0 Å². The van der Waals surface area contributed by atoms with Crippen molar-refractivity contribution < 1.29 is 0 Å². The highest BCUT2D eigenvalue weighted by Gasteiger charge is 2.21. The zero-order chi connectivity index (χ0) is 12.5. The van der Waals surface area contributed by atoms with Gasteiger partial charge in [-0.3, -0.25) is 0 Å². The van der Waals surface area contributed by atoms with Crippen molar-refractivity contribution >= 4 is 43.2 Å². The van der Waals surface area contributed by atoms with E-state index in [9.17, 15) is 0 Å². The third kappa shape index (κ3) is 2.99. The van der Waals surface area contributed by atoms with Crippen molar-refractivity contribution in [1.29, 1.82) is 0 Å². The van der Waals surface area contributed by atoms with Crippen molar-refractivity contribution in [3.8, 4) is 10.6 Å². The second kappa shape index (κ2) is 5.36. The van der Waals surface area contributed by atoms with Gasteiger partial charge >= 0.3 is 0 Å². The van der Waals surface area contributed by atoms with Crippen LogP contribution in [0.3, 0.4) is 0 Å². The van der Waals surface area contributed by atoms with E-state index < -0.39 is 0 Å². The summed E-state index contributed by atoms with van der Waals surface area (Å²) in [5.74, 6) is 0. The summed E-state index contributed by atoms with van der Waals surface area (Å²) in [6.45, 7) is 0.827. The van der Waals surface area contributed by atoms with E-state index in [4.69, 9.17) is 0 Å². The SMILES string of the molecule is Brc1ccc(Br)c(-c2nnc(CNC3CC3)s2)c1. The molecule has 1 aliphatic rings. The van der Waals surface area contributed by atoms with Crippen molar-refractivity contribution in [2.24, 2.45) is 0 Å². The smallest absolute Gasteiger partial charge is 0.149 e. The molecule has 0 unspecified atom stereocenters. The average molecular weight is 389 g/mol. The van der Waals surface area contributed by atoms with Gasteiger partial charge in [0, 0.05) is 27.1 Å². The van der Waals surface area contributed by atoms with Gasteiger partial charge in [0.15, 0.2) is 0 Å². The summed E-state index contributed by atoms with van der Waals surface area (Å²) >= 11 is 8.68. The topological polar surface area (TPSA) is 37.8 Å². The molecule has 0 amide bonds. The van der Waals surface area contributed by atoms with Gasteiger partial charge < -0.3 is 5.32 Å². The Morgan fingerprint density at radius 3 is 2.89 bits per heavy atom. The fraction of sp³-hybridized carbons (Fsp3) is 0.333. The molecule has 0 aliphatic heterocycles. The monoisotopic (exact) mass is 387 g/mol. The molecule has 3 nitrogen and oxygen atoms in total. The summed E-state index contributed by atoms with van der Waals surface area (Å²) in [5.41, 5.74) is 1.08. The van der Waals surface area contributed by atoms with Crippen molar-refractivity contribution in [1.82, 2.24) is 15.5 Å². The quantitative estimate of drug-likeness (QED) is 0.860. The second-order valence-electron chi connectivity index (χ2n) is 4.28. The summed E-state index contributed by atoms with van der Waals surface area (Å²) in [7, 11) is 0. The molecule has 2 aromatic rings. The van der Waals surface area contributed by atoms with Crippen LogP contribution in [0.25, 0.3) is 10.6 Å². The lowest BCUT2D eigenvalue weighted by Gasteiger charge is -2.00. The van der Waals surface area contributed by atoms with E-state index in [2.05, 4.69) is 53.4 Å². The summed E-state index contributed by atoms with van der Waals surface area (Å²) in [6.07, 6.45) is 2.59. The number of aromatic nitrogens is 2. The number of hydrogen-bond donors (Lipinski definition) is 1. The van der Waals surface area contributed by atoms with E-state index in [-0.39, 0.29) is 0 Å². The molecule has 1 fully saturated rings. The first-order chi connectivity index (χ1) is 8.72. The van der Waals surface area contributed by atoms with E-state index in [0.717, 1.165) is 31.1 Å². The van der Waals surface area contributed by atoms with Crippen molar-refractivity contribution in [3.63, 3.8) is 0 Å². The number of rotatable bonds is 4. The lowest BCUT2D eigenvalue weighted by atomic mass is 10.2. The molecule has 0 radical (unpaired) electrons. The molecule has 3 rings (SSSR count). The van der Waals surface area contributed by atoms with E-state index in [1.165, 1.54) is 12.8 Å². The van der Waals surface area contributed by atoms with Crippen LogP contribution in [0.5, 0.6) is 0 Å². The van der Waals surface area contributed by atoms with Gasteiger partial charge in [-0.15, -0.1) is 10.2 Å². The lowest BCUT2D eigenvalue weighted by Crippen LogP contribution is -2.14. The maximum atomic E-state index is 4.26. The van der Waals surface area contributed by atoms with Crippen molar-refractivity contribution in [2.75, 3.05) is 0 Å². The Balaban J connectivity index is 1.80. The Hall–Kier alpha value is -0.300. The minimum Gasteiger partial charge on any atom is -0.308 e. The molecule has 18 heavy (non-hydrogen) atoms. The first-order valence-corrected chi connectivity index (χ1v) is 8.14. The highest BCUT2D eigenvalue weighted by molar-refractivity contribution is 9.11. The number of nitrogens with zero attached hydrogens (tertiary/aromatic N) is 2. The molecule has 1 aromatic heterocycles. The van der Waals surface area contributed by atoms with E-state index in [1.54, 1.807) is 11.3 Å². The van der Waals surface area contributed by atoms with E-state index in [0.29, 0.717) is 6.04 Å². The molecule has 6 heteroatoms. The molecular formula is C12H11Br2N3S. The van der Waals surface area contributed by atoms with Gasteiger partial charge in [-0.25, -0.2) is 0 Å². The molecule has 1 N–H and O–H groups in total. The normalized spacial score (nSPS) is 15.0. The molecular weight excluding hydrogens is 378 g/mol. The molecule has 1 heterocycles. The zero-order valence-corrected chi connectivity index (χ0v) is 13.5. The summed E-state index contributed by atoms with van der Waals surface area (Å²) in [6, 6.07) is 6.78. The molecule has 1 aliphatic carbocycles. The molecule has 0 saturated heterocycles. The number of halogens is 2. The molecule has 0 spiro atoms. The number of hydrogen-bond acceptors (Lipinski definition) is 4. The minimum absolute atomic E-state index is 0.704. The Kier molecular flexibility index (Phi) is 3.79. The maximum absolute atomic E-state index is 4.26. The van der Waals surface area contributed by atoms with Crippen LogP contribution in [0.4, 0.5) is 0 Å². The maximum Gasteiger partial charge on any atom is 0.149 e. The number of nitrogens with one attached hydrogen (secondary N) is 1. The summed E-state index contributed by atoms with van der Waals surface area (Å²) in [4.78, 5) is 0. The third-order valence-electron chi connectivity index (χ3n) is 2.74. The average Bonchev–Trinajstić information content (AvgIpc) is 3.08. The largest absolute Gasteiger partial charge is 0.308 e. The summed E-state index contributed by atoms with van der Waals surface area (Å²) < 4.78 is 2.09. The standard InChI is InChI=1S/C12H11Br2N3S/c13-7-1-4-10(14)9(5-7)12-17-16-11(18-12)6-15-8-2-3-8/h1,4-5,8,15H,2-3,6H2. The molecule has 0 atom stereocenters. The van der Waals surface area contributed by atoms with Gasteiger partial charge in [0.1, 0.15) is 10.0 Å². The fourth-order valence-corrected chi connectivity index (χ4v) is 3.36. The van der Waals surface area contributed by atoms with Gasteiger partial charge in [0.2, 0.25) is 0 Å². The van der Waals surface area contributed by atoms with Crippen molar-refractivity contribution in [3.05, 3.63) is 32.2 Å². The minimum atomic E-state index is 0.704.